The van der Waals surface area contributed by atoms with Crippen molar-refractivity contribution in [2.24, 2.45) is 11.3 Å². The zero-order chi connectivity index (χ0) is 18.6. The summed E-state index contributed by atoms with van der Waals surface area (Å²) in [6, 6.07) is 18.8. The van der Waals surface area contributed by atoms with Gasteiger partial charge in [0, 0.05) is 5.92 Å². The van der Waals surface area contributed by atoms with E-state index in [0.717, 1.165) is 11.1 Å². The Labute approximate surface area is 153 Å². The van der Waals surface area contributed by atoms with E-state index < -0.39 is 11.5 Å². The number of nitrogens with one attached hydrogen (secondary N) is 1. The van der Waals surface area contributed by atoms with E-state index >= 15 is 0 Å². The van der Waals surface area contributed by atoms with Gasteiger partial charge in [0.15, 0.2) is 0 Å². The number of esters is 1. The summed E-state index contributed by atoms with van der Waals surface area (Å²) in [5.74, 6) is -0.274. The topological polar surface area (TPSA) is 64.6 Å². The lowest BCUT2D eigenvalue weighted by Gasteiger charge is -2.21. The third kappa shape index (κ3) is 3.87. The van der Waals surface area contributed by atoms with E-state index in [4.69, 9.17) is 9.47 Å². The first kappa shape index (κ1) is 18.0. The Bertz CT molecular complexity index is 762. The first-order chi connectivity index (χ1) is 12.5. The molecule has 3 atom stereocenters. The van der Waals surface area contributed by atoms with Crippen molar-refractivity contribution >= 4 is 12.1 Å². The predicted molar refractivity (Wildman–Crippen MR) is 97.2 cm³/mol. The number of carbonyl (C=O) groups excluding carboxylic acids is 2. The van der Waals surface area contributed by atoms with Crippen molar-refractivity contribution in [3.63, 3.8) is 0 Å². The normalized spacial score (nSPS) is 22.2. The van der Waals surface area contributed by atoms with Gasteiger partial charge in [-0.1, -0.05) is 60.7 Å². The number of hydrogen-bond donors (Lipinski definition) is 1. The molecule has 2 aromatic rings. The van der Waals surface area contributed by atoms with Gasteiger partial charge in [0.25, 0.3) is 0 Å². The van der Waals surface area contributed by atoms with Gasteiger partial charge in [-0.15, -0.1) is 0 Å². The highest BCUT2D eigenvalue weighted by atomic mass is 16.5. The maximum Gasteiger partial charge on any atom is 0.407 e. The Hall–Kier alpha value is -2.82. The summed E-state index contributed by atoms with van der Waals surface area (Å²) in [4.78, 5) is 24.4. The molecule has 1 aliphatic rings. The molecule has 1 N–H and O–H groups in total. The van der Waals surface area contributed by atoms with Gasteiger partial charge in [0.1, 0.15) is 6.61 Å². The molecule has 1 aliphatic carbocycles. The molecule has 0 aromatic heterocycles. The van der Waals surface area contributed by atoms with Crippen LogP contribution in [0.2, 0.25) is 0 Å². The summed E-state index contributed by atoms with van der Waals surface area (Å²) in [5, 5.41) is 2.93. The van der Waals surface area contributed by atoms with Crippen LogP contribution >= 0.6 is 0 Å². The molecule has 5 nitrogen and oxygen atoms in total. The molecule has 0 unspecified atom stereocenters. The Morgan fingerprint density at radius 2 is 1.73 bits per heavy atom. The number of carbonyl (C=O) groups is 2. The largest absolute Gasteiger partial charge is 0.469 e. The van der Waals surface area contributed by atoms with Crippen molar-refractivity contribution in [2.75, 3.05) is 7.11 Å². The number of alkyl carbamates (subject to hydrolysis) is 1. The number of methoxy groups -OCH3 is 1. The molecule has 0 bridgehead atoms. The number of benzene rings is 2. The Kier molecular flexibility index (Phi) is 5.26. The molecule has 136 valence electrons. The molecule has 26 heavy (non-hydrogen) atoms. The fraction of sp³-hybridized carbons (Fsp3) is 0.333. The first-order valence-corrected chi connectivity index (χ1v) is 8.65. The molecule has 3 rings (SSSR count). The van der Waals surface area contributed by atoms with Gasteiger partial charge in [0.2, 0.25) is 0 Å². The van der Waals surface area contributed by atoms with E-state index in [-0.39, 0.29) is 24.5 Å². The molecule has 0 radical (unpaired) electrons. The molecular formula is C21H23NO4. The summed E-state index contributed by atoms with van der Waals surface area (Å²) in [7, 11) is 1.39. The van der Waals surface area contributed by atoms with Gasteiger partial charge in [-0.2, -0.15) is 0 Å². The third-order valence-corrected chi connectivity index (χ3v) is 5.00. The molecule has 0 spiro atoms. The Morgan fingerprint density at radius 3 is 2.35 bits per heavy atom. The van der Waals surface area contributed by atoms with E-state index in [2.05, 4.69) is 5.32 Å². The molecule has 0 aliphatic heterocycles. The van der Waals surface area contributed by atoms with E-state index in [1.807, 2.05) is 67.6 Å². The van der Waals surface area contributed by atoms with Crippen LogP contribution in [-0.4, -0.2) is 19.2 Å². The number of amides is 1. The number of hydrogen-bond acceptors (Lipinski definition) is 4. The smallest absolute Gasteiger partial charge is 0.407 e. The summed E-state index contributed by atoms with van der Waals surface area (Å²) in [6.07, 6.45) is 0.167. The van der Waals surface area contributed by atoms with Gasteiger partial charge in [0.05, 0.1) is 18.6 Å². The van der Waals surface area contributed by atoms with Crippen LogP contribution < -0.4 is 5.32 Å². The standard InChI is InChI=1S/C21H23NO4/c1-21(19(23)25-2)13-17(21)18(16-11-7-4-8-12-16)22-20(24)26-14-15-9-5-3-6-10-15/h3-12,17-18H,13-14H2,1-2H3,(H,22,24)/t17-,18+,21+/m0/s1. The van der Waals surface area contributed by atoms with Crippen LogP contribution in [0.5, 0.6) is 0 Å². The number of rotatable bonds is 6. The van der Waals surface area contributed by atoms with Gasteiger partial charge in [-0.05, 0) is 24.5 Å². The van der Waals surface area contributed by atoms with Crippen molar-refractivity contribution in [3.8, 4) is 0 Å². The monoisotopic (exact) mass is 353 g/mol. The van der Waals surface area contributed by atoms with Crippen LogP contribution in [0.1, 0.15) is 30.5 Å². The minimum Gasteiger partial charge on any atom is -0.469 e. The highest BCUT2D eigenvalue weighted by Gasteiger charge is 2.60. The first-order valence-electron chi connectivity index (χ1n) is 8.65. The zero-order valence-corrected chi connectivity index (χ0v) is 15.0. The average molecular weight is 353 g/mol. The van der Waals surface area contributed by atoms with E-state index in [9.17, 15) is 9.59 Å². The highest BCUT2D eigenvalue weighted by molar-refractivity contribution is 5.80. The highest BCUT2D eigenvalue weighted by Crippen LogP contribution is 2.58. The molecule has 1 saturated carbocycles. The van der Waals surface area contributed by atoms with Gasteiger partial charge >= 0.3 is 12.1 Å². The van der Waals surface area contributed by atoms with Crippen LogP contribution in [0.3, 0.4) is 0 Å². The fourth-order valence-electron chi connectivity index (χ4n) is 3.32. The van der Waals surface area contributed by atoms with Crippen LogP contribution in [0, 0.1) is 11.3 Å². The molecule has 2 aromatic carbocycles. The van der Waals surface area contributed by atoms with Crippen molar-refractivity contribution < 1.29 is 19.1 Å². The van der Waals surface area contributed by atoms with Gasteiger partial charge < -0.3 is 14.8 Å². The minimum atomic E-state index is -0.581. The lowest BCUT2D eigenvalue weighted by molar-refractivity contribution is -0.147. The molecule has 1 amide bonds. The van der Waals surface area contributed by atoms with Crippen LogP contribution in [-0.2, 0) is 20.9 Å². The van der Waals surface area contributed by atoms with E-state index in [0.29, 0.717) is 6.42 Å². The SMILES string of the molecule is COC(=O)[C@]1(C)C[C@H]1[C@H](NC(=O)OCc1ccccc1)c1ccccc1. The molecule has 1 fully saturated rings. The molecule has 0 saturated heterocycles. The zero-order valence-electron chi connectivity index (χ0n) is 15.0. The van der Waals surface area contributed by atoms with Gasteiger partial charge in [-0.25, -0.2) is 4.79 Å². The van der Waals surface area contributed by atoms with Crippen LogP contribution in [0.15, 0.2) is 60.7 Å². The molecule has 0 heterocycles. The molecular weight excluding hydrogens is 330 g/mol. The Balaban J connectivity index is 1.69. The maximum absolute atomic E-state index is 12.3. The van der Waals surface area contributed by atoms with Crippen molar-refractivity contribution in [1.82, 2.24) is 5.32 Å². The van der Waals surface area contributed by atoms with Crippen molar-refractivity contribution in [2.45, 2.75) is 26.0 Å². The van der Waals surface area contributed by atoms with Crippen LogP contribution in [0.4, 0.5) is 4.79 Å². The third-order valence-electron chi connectivity index (χ3n) is 5.00. The van der Waals surface area contributed by atoms with Gasteiger partial charge in [-0.3, -0.25) is 4.79 Å². The lowest BCUT2D eigenvalue weighted by atomic mass is 9.96. The van der Waals surface area contributed by atoms with E-state index in [1.165, 1.54) is 7.11 Å². The van der Waals surface area contributed by atoms with Crippen molar-refractivity contribution in [3.05, 3.63) is 71.8 Å². The fourth-order valence-corrected chi connectivity index (χ4v) is 3.32. The maximum atomic E-state index is 12.3. The number of ether oxygens (including phenoxy) is 2. The Morgan fingerprint density at radius 1 is 1.12 bits per heavy atom. The average Bonchev–Trinajstić information content (AvgIpc) is 3.38. The van der Waals surface area contributed by atoms with Crippen molar-refractivity contribution in [1.29, 1.82) is 0 Å². The summed E-state index contributed by atoms with van der Waals surface area (Å²) < 4.78 is 10.3. The lowest BCUT2D eigenvalue weighted by Crippen LogP contribution is -2.32. The van der Waals surface area contributed by atoms with Crippen LogP contribution in [0.25, 0.3) is 0 Å². The second-order valence-corrected chi connectivity index (χ2v) is 6.81. The summed E-state index contributed by atoms with van der Waals surface area (Å²) in [5.41, 5.74) is 1.29. The predicted octanol–water partition coefficient (Wildman–Crippen LogP) is 3.85. The second-order valence-electron chi connectivity index (χ2n) is 6.81. The summed E-state index contributed by atoms with van der Waals surface area (Å²) in [6.45, 7) is 2.07. The van der Waals surface area contributed by atoms with E-state index in [1.54, 1.807) is 0 Å². The molecule has 5 heteroatoms. The minimum absolute atomic E-state index is 0.0263. The second kappa shape index (κ2) is 7.60. The summed E-state index contributed by atoms with van der Waals surface area (Å²) >= 11 is 0. The quantitative estimate of drug-likeness (QED) is 0.801.